The Morgan fingerprint density at radius 3 is 2.68 bits per heavy atom. The molecular formula is C16H20N2O4. The number of nitrogens with one attached hydrogen (secondary N) is 2. The molecule has 6 heteroatoms. The maximum atomic E-state index is 12.1. The summed E-state index contributed by atoms with van der Waals surface area (Å²) >= 11 is 0. The summed E-state index contributed by atoms with van der Waals surface area (Å²) in [6.45, 7) is 1.91. The van der Waals surface area contributed by atoms with E-state index in [1.165, 1.54) is 7.11 Å². The molecule has 2 amide bonds. The largest absolute Gasteiger partial charge is 0.493 e. The normalized spacial score (nSPS) is 11.6. The molecule has 1 aromatic heterocycles. The SMILES string of the molecule is COc1cccc(NC(=O)NC(C)Cc2ccco2)c1OC. The molecule has 2 aromatic rings. The number of para-hydroxylation sites is 1. The van der Waals surface area contributed by atoms with Crippen molar-refractivity contribution in [2.24, 2.45) is 0 Å². The predicted octanol–water partition coefficient (Wildman–Crippen LogP) is 3.05. The molecule has 1 unspecified atom stereocenters. The summed E-state index contributed by atoms with van der Waals surface area (Å²) in [4.78, 5) is 12.1. The maximum absolute atomic E-state index is 12.1. The number of hydrogen-bond donors (Lipinski definition) is 2. The summed E-state index contributed by atoms with van der Waals surface area (Å²) in [7, 11) is 3.08. The Balaban J connectivity index is 1.97. The van der Waals surface area contributed by atoms with Crippen molar-refractivity contribution in [3.05, 3.63) is 42.4 Å². The molecule has 0 aliphatic heterocycles. The third-order valence-corrected chi connectivity index (χ3v) is 3.12. The first kappa shape index (κ1) is 15.8. The number of furan rings is 1. The summed E-state index contributed by atoms with van der Waals surface area (Å²) < 4.78 is 15.7. The summed E-state index contributed by atoms with van der Waals surface area (Å²) in [5, 5.41) is 5.61. The number of hydrogen-bond acceptors (Lipinski definition) is 4. The van der Waals surface area contributed by atoms with Crippen LogP contribution in [0.15, 0.2) is 41.0 Å². The highest BCUT2D eigenvalue weighted by Gasteiger charge is 2.14. The van der Waals surface area contributed by atoms with Gasteiger partial charge in [-0.1, -0.05) is 6.07 Å². The Morgan fingerprint density at radius 1 is 1.23 bits per heavy atom. The number of amides is 2. The van der Waals surface area contributed by atoms with E-state index in [0.29, 0.717) is 23.6 Å². The number of carbonyl (C=O) groups is 1. The lowest BCUT2D eigenvalue weighted by Gasteiger charge is -2.16. The fourth-order valence-electron chi connectivity index (χ4n) is 2.15. The van der Waals surface area contributed by atoms with Crippen molar-refractivity contribution >= 4 is 11.7 Å². The highest BCUT2D eigenvalue weighted by atomic mass is 16.5. The van der Waals surface area contributed by atoms with Crippen LogP contribution in [0.1, 0.15) is 12.7 Å². The van der Waals surface area contributed by atoms with Crippen LogP contribution < -0.4 is 20.1 Å². The van der Waals surface area contributed by atoms with Crippen molar-refractivity contribution in [3.63, 3.8) is 0 Å². The fraction of sp³-hybridized carbons (Fsp3) is 0.312. The van der Waals surface area contributed by atoms with Gasteiger partial charge in [0, 0.05) is 12.5 Å². The number of ether oxygens (including phenoxy) is 2. The number of urea groups is 1. The van der Waals surface area contributed by atoms with Gasteiger partial charge in [0.05, 0.1) is 26.2 Å². The van der Waals surface area contributed by atoms with Gasteiger partial charge in [0.15, 0.2) is 11.5 Å². The van der Waals surface area contributed by atoms with E-state index in [0.717, 1.165) is 5.76 Å². The third kappa shape index (κ3) is 3.94. The van der Waals surface area contributed by atoms with Gasteiger partial charge in [-0.15, -0.1) is 0 Å². The van der Waals surface area contributed by atoms with Crippen molar-refractivity contribution in [2.75, 3.05) is 19.5 Å². The molecule has 0 aliphatic rings. The quantitative estimate of drug-likeness (QED) is 0.860. The average Bonchev–Trinajstić information content (AvgIpc) is 2.99. The topological polar surface area (TPSA) is 72.7 Å². The van der Waals surface area contributed by atoms with Gasteiger partial charge in [-0.2, -0.15) is 0 Å². The highest BCUT2D eigenvalue weighted by molar-refractivity contribution is 5.91. The molecule has 118 valence electrons. The number of anilines is 1. The molecular weight excluding hydrogens is 284 g/mol. The van der Waals surface area contributed by atoms with E-state index in [4.69, 9.17) is 13.9 Å². The van der Waals surface area contributed by atoms with Crippen LogP contribution in [0.25, 0.3) is 0 Å². The summed E-state index contributed by atoms with van der Waals surface area (Å²) in [6.07, 6.45) is 2.24. The Kier molecular flexibility index (Phi) is 5.30. The highest BCUT2D eigenvalue weighted by Crippen LogP contribution is 2.34. The van der Waals surface area contributed by atoms with Crippen LogP contribution in [0.4, 0.5) is 10.5 Å². The molecule has 1 aromatic carbocycles. The van der Waals surface area contributed by atoms with Crippen LogP contribution in [-0.4, -0.2) is 26.3 Å². The first-order chi connectivity index (χ1) is 10.6. The number of benzene rings is 1. The van der Waals surface area contributed by atoms with Gasteiger partial charge in [0.25, 0.3) is 0 Å². The van der Waals surface area contributed by atoms with Crippen molar-refractivity contribution < 1.29 is 18.7 Å². The van der Waals surface area contributed by atoms with Crippen molar-refractivity contribution in [3.8, 4) is 11.5 Å². The number of carbonyl (C=O) groups excluding carboxylic acids is 1. The van der Waals surface area contributed by atoms with E-state index >= 15 is 0 Å². The number of methoxy groups -OCH3 is 2. The lowest BCUT2D eigenvalue weighted by Crippen LogP contribution is -2.37. The summed E-state index contributed by atoms with van der Waals surface area (Å²) in [5.41, 5.74) is 0.546. The van der Waals surface area contributed by atoms with E-state index in [1.807, 2.05) is 19.1 Å². The molecule has 2 N–H and O–H groups in total. The van der Waals surface area contributed by atoms with E-state index in [2.05, 4.69) is 10.6 Å². The lowest BCUT2D eigenvalue weighted by molar-refractivity contribution is 0.248. The van der Waals surface area contributed by atoms with Crippen LogP contribution >= 0.6 is 0 Å². The lowest BCUT2D eigenvalue weighted by atomic mass is 10.2. The molecule has 2 rings (SSSR count). The van der Waals surface area contributed by atoms with Crippen molar-refractivity contribution in [2.45, 2.75) is 19.4 Å². The molecule has 0 bridgehead atoms. The predicted molar refractivity (Wildman–Crippen MR) is 83.6 cm³/mol. The fourth-order valence-corrected chi connectivity index (χ4v) is 2.15. The van der Waals surface area contributed by atoms with Crippen LogP contribution in [0.3, 0.4) is 0 Å². The van der Waals surface area contributed by atoms with Crippen LogP contribution in [-0.2, 0) is 6.42 Å². The monoisotopic (exact) mass is 304 g/mol. The minimum Gasteiger partial charge on any atom is -0.493 e. The van der Waals surface area contributed by atoms with Gasteiger partial charge < -0.3 is 24.5 Å². The summed E-state index contributed by atoms with van der Waals surface area (Å²) in [5.74, 6) is 1.87. The van der Waals surface area contributed by atoms with Gasteiger partial charge >= 0.3 is 6.03 Å². The van der Waals surface area contributed by atoms with Gasteiger partial charge in [0.1, 0.15) is 5.76 Å². The van der Waals surface area contributed by atoms with Gasteiger partial charge in [-0.05, 0) is 31.2 Å². The molecule has 0 spiro atoms. The van der Waals surface area contributed by atoms with Crippen molar-refractivity contribution in [1.82, 2.24) is 5.32 Å². The Morgan fingerprint density at radius 2 is 2.05 bits per heavy atom. The van der Waals surface area contributed by atoms with E-state index in [9.17, 15) is 4.79 Å². The first-order valence-corrected chi connectivity index (χ1v) is 6.95. The maximum Gasteiger partial charge on any atom is 0.319 e. The molecule has 22 heavy (non-hydrogen) atoms. The second kappa shape index (κ2) is 7.40. The van der Waals surface area contributed by atoms with Gasteiger partial charge in [-0.3, -0.25) is 0 Å². The zero-order valence-corrected chi connectivity index (χ0v) is 12.9. The molecule has 1 atom stereocenters. The van der Waals surface area contributed by atoms with Gasteiger partial charge in [0.2, 0.25) is 0 Å². The Hall–Kier alpha value is -2.63. The molecule has 0 radical (unpaired) electrons. The Labute approximate surface area is 129 Å². The van der Waals surface area contributed by atoms with Crippen LogP contribution in [0.2, 0.25) is 0 Å². The van der Waals surface area contributed by atoms with Crippen molar-refractivity contribution in [1.29, 1.82) is 0 Å². The minimum atomic E-state index is -0.314. The standard InChI is InChI=1S/C16H20N2O4/c1-11(10-12-6-5-9-22-12)17-16(19)18-13-7-4-8-14(20-2)15(13)21-3/h4-9,11H,10H2,1-3H3,(H2,17,18,19). The molecule has 0 saturated heterocycles. The second-order valence-electron chi connectivity index (χ2n) is 4.82. The molecule has 6 nitrogen and oxygen atoms in total. The number of rotatable bonds is 6. The van der Waals surface area contributed by atoms with E-state index in [1.54, 1.807) is 31.6 Å². The van der Waals surface area contributed by atoms with E-state index < -0.39 is 0 Å². The van der Waals surface area contributed by atoms with Gasteiger partial charge in [-0.25, -0.2) is 4.79 Å². The first-order valence-electron chi connectivity index (χ1n) is 6.95. The molecule has 0 saturated carbocycles. The van der Waals surface area contributed by atoms with E-state index in [-0.39, 0.29) is 12.1 Å². The summed E-state index contributed by atoms with van der Waals surface area (Å²) in [6, 6.07) is 8.61. The second-order valence-corrected chi connectivity index (χ2v) is 4.82. The minimum absolute atomic E-state index is 0.0669. The van der Waals surface area contributed by atoms with Crippen LogP contribution in [0.5, 0.6) is 11.5 Å². The zero-order valence-electron chi connectivity index (χ0n) is 12.9. The molecule has 0 aliphatic carbocycles. The Bertz CT molecular complexity index is 611. The molecule has 0 fully saturated rings. The molecule has 1 heterocycles. The third-order valence-electron chi connectivity index (χ3n) is 3.12. The average molecular weight is 304 g/mol. The van der Waals surface area contributed by atoms with Crippen LogP contribution in [0, 0.1) is 0 Å². The zero-order chi connectivity index (χ0) is 15.9. The smallest absolute Gasteiger partial charge is 0.319 e.